The van der Waals surface area contributed by atoms with Crippen LogP contribution in [-0.4, -0.2) is 22.5 Å². The van der Waals surface area contributed by atoms with Gasteiger partial charge in [0, 0.05) is 18.5 Å². The molecule has 8 heteroatoms. The van der Waals surface area contributed by atoms with E-state index in [0.717, 1.165) is 17.7 Å². The van der Waals surface area contributed by atoms with Crippen molar-refractivity contribution in [2.24, 2.45) is 0 Å². The molecule has 2 aromatic rings. The van der Waals surface area contributed by atoms with Crippen LogP contribution in [0.5, 0.6) is 0 Å². The minimum absolute atomic E-state index is 0.00300. The molecule has 0 atom stereocenters. The number of H-pyrrole nitrogens is 1. The first kappa shape index (κ1) is 17.0. The third-order valence-electron chi connectivity index (χ3n) is 3.54. The Labute approximate surface area is 137 Å². The molecule has 0 aliphatic rings. The summed E-state index contributed by atoms with van der Waals surface area (Å²) >= 11 is 1.34. The van der Waals surface area contributed by atoms with Crippen molar-refractivity contribution in [3.05, 3.63) is 42.7 Å². The van der Waals surface area contributed by atoms with Crippen molar-refractivity contribution in [2.75, 3.05) is 17.7 Å². The highest BCUT2D eigenvalue weighted by Crippen LogP contribution is 2.21. The maximum absolute atomic E-state index is 12.5. The molecule has 0 aliphatic carbocycles. The van der Waals surface area contributed by atoms with Gasteiger partial charge in [-0.2, -0.15) is 0 Å². The molecule has 0 spiro atoms. The first-order valence-electron chi connectivity index (χ1n) is 7.33. The van der Waals surface area contributed by atoms with Gasteiger partial charge in [-0.1, -0.05) is 13.3 Å². The third-order valence-corrected chi connectivity index (χ3v) is 4.53. The van der Waals surface area contributed by atoms with Crippen molar-refractivity contribution >= 4 is 28.7 Å². The molecule has 2 rings (SSSR count). The summed E-state index contributed by atoms with van der Waals surface area (Å²) in [7, 11) is 1.48. The maximum Gasteiger partial charge on any atom is 0.330 e. The van der Waals surface area contributed by atoms with Gasteiger partial charge in [-0.05, 0) is 25.5 Å². The number of hydrogen-bond donors (Lipinski definition) is 2. The highest BCUT2D eigenvalue weighted by molar-refractivity contribution is 7.14. The predicted octanol–water partition coefficient (Wildman–Crippen LogP) is 1.57. The van der Waals surface area contributed by atoms with Gasteiger partial charge in [0.1, 0.15) is 5.82 Å². The van der Waals surface area contributed by atoms with E-state index >= 15 is 0 Å². The number of hydrogen-bond acceptors (Lipinski definition) is 5. The van der Waals surface area contributed by atoms with Crippen LogP contribution >= 0.6 is 11.3 Å². The number of nitrogen functional groups attached to an aromatic ring is 1. The Hall–Kier alpha value is -2.35. The normalized spacial score (nSPS) is 10.7. The largest absolute Gasteiger partial charge is 0.383 e. The minimum atomic E-state index is -0.663. The van der Waals surface area contributed by atoms with Gasteiger partial charge in [-0.25, -0.2) is 4.79 Å². The molecule has 0 aliphatic heterocycles. The average molecular weight is 336 g/mol. The average Bonchev–Trinajstić information content (AvgIpc) is 2.92. The second-order valence-electron chi connectivity index (χ2n) is 5.27. The van der Waals surface area contributed by atoms with Crippen molar-refractivity contribution in [3.8, 4) is 0 Å². The molecule has 0 unspecified atom stereocenters. The van der Waals surface area contributed by atoms with Crippen molar-refractivity contribution in [3.63, 3.8) is 0 Å². The molecule has 0 saturated heterocycles. The smallest absolute Gasteiger partial charge is 0.330 e. The molecule has 2 heterocycles. The minimum Gasteiger partial charge on any atom is -0.383 e. The Kier molecular flexibility index (Phi) is 5.05. The number of rotatable bonds is 5. The lowest BCUT2D eigenvalue weighted by atomic mass is 10.3. The number of aromatic amines is 1. The standard InChI is InChI=1S/C15H20N4O3S/c1-4-5-8-19-12(16)11(13(20)17-15(19)22)18(3)14(21)10-7-6-9(2)23-10/h6-7H,4-5,8,16H2,1-3H3,(H,17,20,22). The van der Waals surface area contributed by atoms with E-state index in [-0.39, 0.29) is 17.4 Å². The number of carbonyl (C=O) groups is 1. The number of nitrogens with two attached hydrogens (primary N) is 1. The second-order valence-corrected chi connectivity index (χ2v) is 6.56. The predicted molar refractivity (Wildman–Crippen MR) is 92.4 cm³/mol. The molecule has 3 N–H and O–H groups in total. The van der Waals surface area contributed by atoms with Crippen LogP contribution in [0.4, 0.5) is 11.5 Å². The van der Waals surface area contributed by atoms with E-state index in [9.17, 15) is 14.4 Å². The number of aromatic nitrogens is 2. The number of aryl methyl sites for hydroxylation is 1. The lowest BCUT2D eigenvalue weighted by molar-refractivity contribution is 0.0996. The quantitative estimate of drug-likeness (QED) is 0.865. The van der Waals surface area contributed by atoms with Crippen molar-refractivity contribution in [1.82, 2.24) is 9.55 Å². The van der Waals surface area contributed by atoms with Gasteiger partial charge in [0.2, 0.25) is 0 Å². The molecular formula is C15H20N4O3S. The van der Waals surface area contributed by atoms with Gasteiger partial charge in [0.05, 0.1) is 4.88 Å². The van der Waals surface area contributed by atoms with Crippen LogP contribution in [0.3, 0.4) is 0 Å². The number of anilines is 2. The first-order chi connectivity index (χ1) is 10.9. The summed E-state index contributed by atoms with van der Waals surface area (Å²) in [6.45, 7) is 4.28. The summed E-state index contributed by atoms with van der Waals surface area (Å²) in [5, 5.41) is 0. The Morgan fingerprint density at radius 3 is 2.65 bits per heavy atom. The second kappa shape index (κ2) is 6.82. The molecule has 2 aromatic heterocycles. The van der Waals surface area contributed by atoms with Gasteiger partial charge in [-0.3, -0.25) is 19.1 Å². The zero-order valence-corrected chi connectivity index (χ0v) is 14.2. The van der Waals surface area contributed by atoms with Gasteiger partial charge in [0.15, 0.2) is 5.69 Å². The number of nitrogens with one attached hydrogen (secondary N) is 1. The Morgan fingerprint density at radius 2 is 2.09 bits per heavy atom. The zero-order chi connectivity index (χ0) is 17.1. The molecule has 1 amide bonds. The summed E-state index contributed by atoms with van der Waals surface area (Å²) in [4.78, 5) is 41.5. The molecule has 124 valence electrons. The molecule has 0 aromatic carbocycles. The van der Waals surface area contributed by atoms with E-state index in [1.165, 1.54) is 27.9 Å². The number of carbonyl (C=O) groups excluding carboxylic acids is 1. The fourth-order valence-electron chi connectivity index (χ4n) is 2.26. The van der Waals surface area contributed by atoms with Crippen LogP contribution in [-0.2, 0) is 6.54 Å². The lowest BCUT2D eigenvalue weighted by Gasteiger charge is -2.19. The van der Waals surface area contributed by atoms with E-state index in [2.05, 4.69) is 4.98 Å². The van der Waals surface area contributed by atoms with E-state index < -0.39 is 11.2 Å². The lowest BCUT2D eigenvalue weighted by Crippen LogP contribution is -2.39. The third kappa shape index (κ3) is 3.37. The Morgan fingerprint density at radius 1 is 1.39 bits per heavy atom. The molecule has 0 fully saturated rings. The number of amides is 1. The van der Waals surface area contributed by atoms with Gasteiger partial charge >= 0.3 is 5.69 Å². The van der Waals surface area contributed by atoms with Crippen LogP contribution in [0, 0.1) is 6.92 Å². The van der Waals surface area contributed by atoms with Crippen molar-refractivity contribution < 1.29 is 4.79 Å². The number of nitrogens with zero attached hydrogens (tertiary/aromatic N) is 2. The van der Waals surface area contributed by atoms with Crippen LogP contribution in [0.2, 0.25) is 0 Å². The number of unbranched alkanes of at least 4 members (excludes halogenated alkanes) is 1. The van der Waals surface area contributed by atoms with Gasteiger partial charge in [-0.15, -0.1) is 11.3 Å². The summed E-state index contributed by atoms with van der Waals surface area (Å²) < 4.78 is 1.30. The SMILES string of the molecule is CCCCn1c(N)c(N(C)C(=O)c2ccc(C)s2)c(=O)[nH]c1=O. The van der Waals surface area contributed by atoms with Crippen molar-refractivity contribution in [2.45, 2.75) is 33.2 Å². The Bertz CT molecular complexity index is 834. The summed E-state index contributed by atoms with van der Waals surface area (Å²) in [5.74, 6) is -0.322. The molecular weight excluding hydrogens is 316 g/mol. The molecule has 0 radical (unpaired) electrons. The fourth-order valence-corrected chi connectivity index (χ4v) is 3.10. The fraction of sp³-hybridized carbons (Fsp3) is 0.400. The summed E-state index contributed by atoms with van der Waals surface area (Å²) in [6, 6.07) is 3.54. The van der Waals surface area contributed by atoms with E-state index in [0.29, 0.717) is 11.4 Å². The zero-order valence-electron chi connectivity index (χ0n) is 13.4. The van der Waals surface area contributed by atoms with Crippen LogP contribution in [0.1, 0.15) is 34.3 Å². The van der Waals surface area contributed by atoms with E-state index in [1.807, 2.05) is 19.9 Å². The highest BCUT2D eigenvalue weighted by atomic mass is 32.1. The van der Waals surface area contributed by atoms with Crippen LogP contribution < -0.4 is 21.9 Å². The topological polar surface area (TPSA) is 101 Å². The number of thiophene rings is 1. The van der Waals surface area contributed by atoms with Gasteiger partial charge < -0.3 is 10.6 Å². The molecule has 0 saturated carbocycles. The van der Waals surface area contributed by atoms with E-state index in [4.69, 9.17) is 5.73 Å². The van der Waals surface area contributed by atoms with Crippen molar-refractivity contribution in [1.29, 1.82) is 0 Å². The first-order valence-corrected chi connectivity index (χ1v) is 8.15. The monoisotopic (exact) mass is 336 g/mol. The summed E-state index contributed by atoms with van der Waals surface area (Å²) in [5.41, 5.74) is 4.78. The van der Waals surface area contributed by atoms with Crippen LogP contribution in [0.25, 0.3) is 0 Å². The van der Waals surface area contributed by atoms with Gasteiger partial charge in [0.25, 0.3) is 11.5 Å². The van der Waals surface area contributed by atoms with E-state index in [1.54, 1.807) is 6.07 Å². The summed E-state index contributed by atoms with van der Waals surface area (Å²) in [6.07, 6.45) is 1.63. The maximum atomic E-state index is 12.5. The molecule has 0 bridgehead atoms. The molecule has 23 heavy (non-hydrogen) atoms. The molecule has 7 nitrogen and oxygen atoms in total. The Balaban J connectivity index is 2.47. The van der Waals surface area contributed by atoms with Crippen LogP contribution in [0.15, 0.2) is 21.7 Å². The highest BCUT2D eigenvalue weighted by Gasteiger charge is 2.22.